The van der Waals surface area contributed by atoms with Gasteiger partial charge in [-0.2, -0.15) is 13.2 Å². The molecule has 0 bridgehead atoms. The van der Waals surface area contributed by atoms with Crippen molar-refractivity contribution in [3.63, 3.8) is 0 Å². The van der Waals surface area contributed by atoms with E-state index in [1.54, 1.807) is 6.92 Å². The number of carbonyl (C=O) groups is 1. The first-order valence-electron chi connectivity index (χ1n) is 9.67. The molecule has 1 aromatic heterocycles. The van der Waals surface area contributed by atoms with Crippen LogP contribution in [-0.2, 0) is 11.2 Å². The molecule has 29 heavy (non-hydrogen) atoms. The molecule has 1 amide bonds. The lowest BCUT2D eigenvalue weighted by Crippen LogP contribution is -2.43. The Morgan fingerprint density at radius 1 is 1.24 bits per heavy atom. The van der Waals surface area contributed by atoms with E-state index in [4.69, 9.17) is 0 Å². The Bertz CT molecular complexity index is 787. The maximum absolute atomic E-state index is 12.9. The van der Waals surface area contributed by atoms with Crippen LogP contribution in [0.5, 0.6) is 0 Å². The monoisotopic (exact) mass is 410 g/mol. The van der Waals surface area contributed by atoms with Crippen LogP contribution in [0.2, 0.25) is 0 Å². The second-order valence-electron chi connectivity index (χ2n) is 7.46. The van der Waals surface area contributed by atoms with E-state index < -0.39 is 18.8 Å². The molecule has 1 aliphatic heterocycles. The summed E-state index contributed by atoms with van der Waals surface area (Å²) in [5.41, 5.74) is 0.989. The van der Waals surface area contributed by atoms with Gasteiger partial charge < -0.3 is 5.32 Å². The van der Waals surface area contributed by atoms with E-state index in [1.165, 1.54) is 9.58 Å². The van der Waals surface area contributed by atoms with Gasteiger partial charge in [-0.25, -0.2) is 4.68 Å². The molecule has 1 aliphatic rings. The Kier molecular flexibility index (Phi) is 6.83. The van der Waals surface area contributed by atoms with Crippen molar-refractivity contribution in [3.05, 3.63) is 41.7 Å². The molecule has 1 saturated heterocycles. The van der Waals surface area contributed by atoms with Crippen molar-refractivity contribution in [1.29, 1.82) is 0 Å². The fraction of sp³-hybridized carbons (Fsp3) is 0.579. The number of nitrogens with one attached hydrogen (secondary N) is 1. The molecule has 3 rings (SSSR count). The number of aryl methyl sites for hydroxylation is 1. The maximum atomic E-state index is 12.9. The van der Waals surface area contributed by atoms with Crippen LogP contribution in [0.25, 0.3) is 0 Å². The van der Waals surface area contributed by atoms with Crippen molar-refractivity contribution >= 4 is 5.91 Å². The van der Waals surface area contributed by atoms with E-state index in [1.807, 2.05) is 30.3 Å². The number of benzene rings is 1. The average molecular weight is 410 g/mol. The summed E-state index contributed by atoms with van der Waals surface area (Å²) in [7, 11) is 0. The smallest absolute Gasteiger partial charge is 0.354 e. The zero-order chi connectivity index (χ0) is 20.9. The molecule has 1 unspecified atom stereocenters. The minimum Gasteiger partial charge on any atom is -0.354 e. The first-order valence-corrected chi connectivity index (χ1v) is 9.67. The summed E-state index contributed by atoms with van der Waals surface area (Å²) >= 11 is 0. The third kappa shape index (κ3) is 6.25. The second-order valence-corrected chi connectivity index (χ2v) is 7.46. The Morgan fingerprint density at radius 3 is 2.52 bits per heavy atom. The number of hydrogen-bond acceptors (Lipinski definition) is 5. The fourth-order valence-corrected chi connectivity index (χ4v) is 3.62. The molecule has 1 atom stereocenters. The van der Waals surface area contributed by atoms with Gasteiger partial charge >= 0.3 is 6.18 Å². The third-order valence-corrected chi connectivity index (χ3v) is 5.20. The first-order chi connectivity index (χ1) is 13.8. The highest BCUT2D eigenvalue weighted by Gasteiger charge is 2.33. The fourth-order valence-electron chi connectivity index (χ4n) is 3.62. The van der Waals surface area contributed by atoms with Crippen molar-refractivity contribution in [3.8, 4) is 0 Å². The molecule has 0 saturated carbocycles. The van der Waals surface area contributed by atoms with E-state index in [2.05, 4.69) is 20.8 Å². The molecular formula is C19H25F3N6O. The van der Waals surface area contributed by atoms with Crippen molar-refractivity contribution in [2.75, 3.05) is 26.2 Å². The van der Waals surface area contributed by atoms with Crippen LogP contribution in [0.3, 0.4) is 0 Å². The second kappa shape index (κ2) is 9.34. The highest BCUT2D eigenvalue weighted by atomic mass is 19.4. The lowest BCUT2D eigenvalue weighted by molar-refractivity contribution is -0.148. The molecule has 2 aromatic rings. The summed E-state index contributed by atoms with van der Waals surface area (Å²) in [6, 6.07) is 9.02. The summed E-state index contributed by atoms with van der Waals surface area (Å²) in [5, 5.41) is 14.4. The van der Waals surface area contributed by atoms with Gasteiger partial charge in [-0.1, -0.05) is 30.3 Å². The summed E-state index contributed by atoms with van der Waals surface area (Å²) in [5.74, 6) is 0.513. The molecular weight excluding hydrogens is 385 g/mol. The Balaban J connectivity index is 1.56. The van der Waals surface area contributed by atoms with Gasteiger partial charge in [0.05, 0.1) is 6.54 Å². The van der Waals surface area contributed by atoms with Gasteiger partial charge in [-0.15, -0.1) is 5.10 Å². The topological polar surface area (TPSA) is 75.9 Å². The Labute approximate surface area is 167 Å². The molecule has 1 N–H and O–H groups in total. The van der Waals surface area contributed by atoms with E-state index in [0.29, 0.717) is 44.7 Å². The van der Waals surface area contributed by atoms with Crippen molar-refractivity contribution in [1.82, 2.24) is 30.4 Å². The highest BCUT2D eigenvalue weighted by molar-refractivity contribution is 5.80. The standard InChI is InChI=1S/C19H25F3N6O/c1-14-24-25-26-28(14)17(11-15-5-3-2-4-6-15)18(29)23-12-16-7-9-27(10-8-16)13-19(20,21)22/h2-6,16-17H,7-13H2,1H3,(H,23,29). The molecule has 7 nitrogen and oxygen atoms in total. The number of amides is 1. The number of hydrogen-bond donors (Lipinski definition) is 1. The van der Waals surface area contributed by atoms with Crippen LogP contribution in [0, 0.1) is 12.8 Å². The molecule has 0 radical (unpaired) electrons. The number of halogens is 3. The summed E-state index contributed by atoms with van der Waals surface area (Å²) in [4.78, 5) is 14.3. The average Bonchev–Trinajstić information content (AvgIpc) is 3.10. The van der Waals surface area contributed by atoms with Gasteiger partial charge in [0.1, 0.15) is 11.9 Å². The zero-order valence-electron chi connectivity index (χ0n) is 16.3. The van der Waals surface area contributed by atoms with Gasteiger partial charge in [0, 0.05) is 13.0 Å². The number of aromatic nitrogens is 4. The molecule has 158 valence electrons. The molecule has 0 spiro atoms. The van der Waals surface area contributed by atoms with E-state index in [9.17, 15) is 18.0 Å². The van der Waals surface area contributed by atoms with Gasteiger partial charge in [-0.3, -0.25) is 9.69 Å². The van der Waals surface area contributed by atoms with Crippen LogP contribution in [-0.4, -0.2) is 63.4 Å². The number of rotatable bonds is 7. The maximum Gasteiger partial charge on any atom is 0.401 e. The van der Waals surface area contributed by atoms with E-state index in [0.717, 1.165) is 5.56 Å². The number of carbonyl (C=O) groups excluding carboxylic acids is 1. The molecule has 1 fully saturated rings. The lowest BCUT2D eigenvalue weighted by atomic mass is 9.96. The van der Waals surface area contributed by atoms with Crippen molar-refractivity contribution in [2.24, 2.45) is 5.92 Å². The third-order valence-electron chi connectivity index (χ3n) is 5.20. The molecule has 0 aliphatic carbocycles. The van der Waals surface area contributed by atoms with Gasteiger partial charge in [0.25, 0.3) is 0 Å². The largest absolute Gasteiger partial charge is 0.401 e. The number of tetrazole rings is 1. The van der Waals surface area contributed by atoms with Crippen LogP contribution >= 0.6 is 0 Å². The van der Waals surface area contributed by atoms with Crippen molar-refractivity contribution < 1.29 is 18.0 Å². The molecule has 1 aromatic carbocycles. The SMILES string of the molecule is Cc1nnnn1C(Cc1ccccc1)C(=O)NCC1CCN(CC(F)(F)F)CC1. The Hall–Kier alpha value is -2.49. The van der Waals surface area contributed by atoms with Crippen LogP contribution in [0.1, 0.15) is 30.3 Å². The van der Waals surface area contributed by atoms with Crippen LogP contribution in [0.15, 0.2) is 30.3 Å². The van der Waals surface area contributed by atoms with Gasteiger partial charge in [0.2, 0.25) is 5.91 Å². The highest BCUT2D eigenvalue weighted by Crippen LogP contribution is 2.22. The van der Waals surface area contributed by atoms with E-state index >= 15 is 0 Å². The van der Waals surface area contributed by atoms with Crippen LogP contribution < -0.4 is 5.32 Å². The first kappa shape index (κ1) is 21.2. The summed E-state index contributed by atoms with van der Waals surface area (Å²) in [6.07, 6.45) is -2.47. The molecule has 2 heterocycles. The lowest BCUT2D eigenvalue weighted by Gasteiger charge is -2.32. The number of alkyl halides is 3. The summed E-state index contributed by atoms with van der Waals surface area (Å²) in [6.45, 7) is 2.08. The van der Waals surface area contributed by atoms with Gasteiger partial charge in [-0.05, 0) is 54.8 Å². The Morgan fingerprint density at radius 2 is 1.93 bits per heavy atom. The summed E-state index contributed by atoms with van der Waals surface area (Å²) < 4.78 is 39.0. The number of nitrogens with zero attached hydrogens (tertiary/aromatic N) is 5. The predicted molar refractivity (Wildman–Crippen MR) is 100.0 cm³/mol. The van der Waals surface area contributed by atoms with Gasteiger partial charge in [0.15, 0.2) is 0 Å². The molecule has 10 heteroatoms. The predicted octanol–water partition coefficient (Wildman–Crippen LogP) is 2.16. The number of piperidine rings is 1. The zero-order valence-corrected chi connectivity index (χ0v) is 16.3. The minimum atomic E-state index is -4.17. The normalized spacial score (nSPS) is 17.2. The van der Waals surface area contributed by atoms with Crippen molar-refractivity contribution in [2.45, 2.75) is 38.4 Å². The quantitative estimate of drug-likeness (QED) is 0.757. The minimum absolute atomic E-state index is 0.163. The van der Waals surface area contributed by atoms with Crippen LogP contribution in [0.4, 0.5) is 13.2 Å². The number of likely N-dealkylation sites (tertiary alicyclic amines) is 1. The van der Waals surface area contributed by atoms with E-state index in [-0.39, 0.29) is 11.8 Å².